The first-order valence-electron chi connectivity index (χ1n) is 6.59. The van der Waals surface area contributed by atoms with Crippen molar-refractivity contribution in [2.24, 2.45) is 0 Å². The van der Waals surface area contributed by atoms with Crippen LogP contribution in [0.3, 0.4) is 0 Å². The number of rotatable bonds is 4. The van der Waals surface area contributed by atoms with Crippen molar-refractivity contribution in [1.29, 1.82) is 0 Å². The molecule has 5 heteroatoms. The lowest BCUT2D eigenvalue weighted by atomic mass is 10.1. The van der Waals surface area contributed by atoms with Gasteiger partial charge in [-0.3, -0.25) is 0 Å². The highest BCUT2D eigenvalue weighted by atomic mass is 79.9. The molecule has 100 valence electrons. The third kappa shape index (κ3) is 3.20. The summed E-state index contributed by atoms with van der Waals surface area (Å²) in [4.78, 5) is 9.16. The molecule has 2 rings (SSSR count). The molecular weight excluding hydrogens is 294 g/mol. The summed E-state index contributed by atoms with van der Waals surface area (Å²) in [5, 5.41) is 3.11. The quantitative estimate of drug-likeness (QED) is 0.928. The van der Waals surface area contributed by atoms with E-state index in [9.17, 15) is 0 Å². The van der Waals surface area contributed by atoms with E-state index in [-0.39, 0.29) is 6.10 Å². The third-order valence-corrected chi connectivity index (χ3v) is 4.06. The maximum absolute atomic E-state index is 5.75. The van der Waals surface area contributed by atoms with Crippen LogP contribution in [-0.4, -0.2) is 29.7 Å². The highest BCUT2D eigenvalue weighted by molar-refractivity contribution is 9.10. The zero-order valence-electron chi connectivity index (χ0n) is 11.0. The van der Waals surface area contributed by atoms with Crippen molar-refractivity contribution < 1.29 is 4.74 Å². The number of anilines is 1. The number of aromatic nitrogens is 2. The summed E-state index contributed by atoms with van der Waals surface area (Å²) in [6, 6.07) is 0. The first-order chi connectivity index (χ1) is 8.74. The van der Waals surface area contributed by atoms with Gasteiger partial charge < -0.3 is 10.1 Å². The summed E-state index contributed by atoms with van der Waals surface area (Å²) in [5.41, 5.74) is 1.06. The number of hydrogen-bond donors (Lipinski definition) is 1. The third-order valence-electron chi connectivity index (χ3n) is 3.22. The van der Waals surface area contributed by atoms with Gasteiger partial charge in [0.1, 0.15) is 11.6 Å². The average molecular weight is 314 g/mol. The van der Waals surface area contributed by atoms with E-state index in [0.717, 1.165) is 47.7 Å². The maximum Gasteiger partial charge on any atom is 0.144 e. The monoisotopic (exact) mass is 313 g/mol. The molecule has 1 saturated heterocycles. The molecule has 18 heavy (non-hydrogen) atoms. The van der Waals surface area contributed by atoms with E-state index in [1.54, 1.807) is 0 Å². The largest absolute Gasteiger partial charge is 0.378 e. The molecule has 0 bridgehead atoms. The van der Waals surface area contributed by atoms with Crippen LogP contribution in [0.15, 0.2) is 4.47 Å². The lowest BCUT2D eigenvalue weighted by Crippen LogP contribution is -2.23. The fourth-order valence-electron chi connectivity index (χ4n) is 2.21. The van der Waals surface area contributed by atoms with Crippen LogP contribution in [0.2, 0.25) is 0 Å². The van der Waals surface area contributed by atoms with Crippen LogP contribution in [0.5, 0.6) is 0 Å². The van der Waals surface area contributed by atoms with Crippen molar-refractivity contribution >= 4 is 21.7 Å². The molecule has 1 fully saturated rings. The Morgan fingerprint density at radius 3 is 2.83 bits per heavy atom. The van der Waals surface area contributed by atoms with E-state index < -0.39 is 0 Å². The van der Waals surface area contributed by atoms with Gasteiger partial charge in [0.15, 0.2) is 0 Å². The van der Waals surface area contributed by atoms with Gasteiger partial charge >= 0.3 is 0 Å². The summed E-state index contributed by atoms with van der Waals surface area (Å²) in [5.74, 6) is 1.75. The van der Waals surface area contributed by atoms with Gasteiger partial charge in [-0.2, -0.15) is 0 Å². The van der Waals surface area contributed by atoms with Gasteiger partial charge in [-0.1, -0.05) is 6.92 Å². The van der Waals surface area contributed by atoms with E-state index >= 15 is 0 Å². The first-order valence-corrected chi connectivity index (χ1v) is 7.38. The number of nitrogens with zero attached hydrogens (tertiary/aromatic N) is 2. The predicted molar refractivity (Wildman–Crippen MR) is 76.0 cm³/mol. The zero-order chi connectivity index (χ0) is 13.0. The van der Waals surface area contributed by atoms with E-state index in [4.69, 9.17) is 4.74 Å². The van der Waals surface area contributed by atoms with Gasteiger partial charge in [-0.05, 0) is 41.6 Å². The van der Waals surface area contributed by atoms with Crippen LogP contribution in [0.1, 0.15) is 37.7 Å². The van der Waals surface area contributed by atoms with E-state index in [0.29, 0.717) is 0 Å². The Labute approximate surface area is 117 Å². The van der Waals surface area contributed by atoms with Crippen molar-refractivity contribution in [3.8, 4) is 0 Å². The van der Waals surface area contributed by atoms with E-state index in [2.05, 4.69) is 38.1 Å². The van der Waals surface area contributed by atoms with Gasteiger partial charge in [-0.25, -0.2) is 9.97 Å². The molecule has 4 nitrogen and oxygen atoms in total. The van der Waals surface area contributed by atoms with Gasteiger partial charge in [0.2, 0.25) is 0 Å². The molecule has 1 atom stereocenters. The molecule has 2 heterocycles. The van der Waals surface area contributed by atoms with E-state index in [1.807, 2.05) is 7.05 Å². The molecule has 1 aromatic heterocycles. The minimum atomic E-state index is 0.286. The van der Waals surface area contributed by atoms with Crippen molar-refractivity contribution in [3.05, 3.63) is 16.0 Å². The minimum absolute atomic E-state index is 0.286. The minimum Gasteiger partial charge on any atom is -0.378 e. The Hall–Kier alpha value is -0.680. The van der Waals surface area contributed by atoms with Crippen LogP contribution in [0, 0.1) is 0 Å². The standard InChI is InChI=1S/C13H20BrN3O/c1-3-10-12(14)13(15-2)17-11(16-10)8-9-6-4-5-7-18-9/h9H,3-8H2,1-2H3,(H,15,16,17). The summed E-state index contributed by atoms with van der Waals surface area (Å²) < 4.78 is 6.72. The number of halogens is 1. The highest BCUT2D eigenvalue weighted by Crippen LogP contribution is 2.25. The number of ether oxygens (including phenoxy) is 1. The molecule has 0 saturated carbocycles. The Morgan fingerprint density at radius 1 is 1.39 bits per heavy atom. The van der Waals surface area contributed by atoms with Crippen molar-refractivity contribution in [3.63, 3.8) is 0 Å². The van der Waals surface area contributed by atoms with Gasteiger partial charge in [0.05, 0.1) is 16.3 Å². The smallest absolute Gasteiger partial charge is 0.144 e. The fourth-order valence-corrected chi connectivity index (χ4v) is 2.86. The molecular formula is C13H20BrN3O. The molecule has 0 amide bonds. The Kier molecular flexibility index (Phi) is 4.95. The van der Waals surface area contributed by atoms with Crippen LogP contribution in [-0.2, 0) is 17.6 Å². The predicted octanol–water partition coefficient (Wildman–Crippen LogP) is 2.95. The summed E-state index contributed by atoms with van der Waals surface area (Å²) >= 11 is 3.54. The Morgan fingerprint density at radius 2 is 2.22 bits per heavy atom. The molecule has 0 spiro atoms. The SMILES string of the molecule is CCc1nc(CC2CCCCO2)nc(NC)c1Br. The zero-order valence-corrected chi connectivity index (χ0v) is 12.6. The second-order valence-corrected chi connectivity index (χ2v) is 5.34. The number of aryl methyl sites for hydroxylation is 1. The molecule has 0 aromatic carbocycles. The van der Waals surface area contributed by atoms with Crippen LogP contribution in [0.25, 0.3) is 0 Å². The number of nitrogens with one attached hydrogen (secondary N) is 1. The molecule has 1 N–H and O–H groups in total. The van der Waals surface area contributed by atoms with Crippen LogP contribution < -0.4 is 5.32 Å². The second-order valence-electron chi connectivity index (χ2n) is 4.55. The number of hydrogen-bond acceptors (Lipinski definition) is 4. The van der Waals surface area contributed by atoms with Crippen LogP contribution in [0.4, 0.5) is 5.82 Å². The summed E-state index contributed by atoms with van der Waals surface area (Å²) in [7, 11) is 1.88. The second kappa shape index (κ2) is 6.48. The topological polar surface area (TPSA) is 47.0 Å². The summed E-state index contributed by atoms with van der Waals surface area (Å²) in [6.45, 7) is 2.98. The van der Waals surface area contributed by atoms with Crippen LogP contribution >= 0.6 is 15.9 Å². The normalized spacial score (nSPS) is 19.8. The Balaban J connectivity index is 2.16. The fraction of sp³-hybridized carbons (Fsp3) is 0.692. The van der Waals surface area contributed by atoms with Gasteiger partial charge in [0, 0.05) is 20.1 Å². The van der Waals surface area contributed by atoms with Gasteiger partial charge in [0.25, 0.3) is 0 Å². The lowest BCUT2D eigenvalue weighted by molar-refractivity contribution is 0.0156. The van der Waals surface area contributed by atoms with Gasteiger partial charge in [-0.15, -0.1) is 0 Å². The van der Waals surface area contributed by atoms with E-state index in [1.165, 1.54) is 12.8 Å². The molecule has 1 aliphatic heterocycles. The highest BCUT2D eigenvalue weighted by Gasteiger charge is 2.18. The van der Waals surface area contributed by atoms with Crippen molar-refractivity contribution in [2.45, 2.75) is 45.1 Å². The molecule has 1 unspecified atom stereocenters. The Bertz CT molecular complexity index is 380. The molecule has 1 aliphatic rings. The van der Waals surface area contributed by atoms with Crippen molar-refractivity contribution in [1.82, 2.24) is 9.97 Å². The first kappa shape index (κ1) is 13.7. The molecule has 0 radical (unpaired) electrons. The lowest BCUT2D eigenvalue weighted by Gasteiger charge is -2.22. The maximum atomic E-state index is 5.75. The van der Waals surface area contributed by atoms with Crippen molar-refractivity contribution in [2.75, 3.05) is 19.0 Å². The summed E-state index contributed by atoms with van der Waals surface area (Å²) in [6.07, 6.45) is 5.55. The average Bonchev–Trinajstić information content (AvgIpc) is 2.41. The molecule has 1 aromatic rings. The molecule has 0 aliphatic carbocycles.